The Balaban J connectivity index is 2.27. The number of nitriles is 1. The Morgan fingerprint density at radius 3 is 2.32 bits per heavy atom. The largest absolute Gasteiger partial charge is 0.383 e. The third kappa shape index (κ3) is 3.44. The summed E-state index contributed by atoms with van der Waals surface area (Å²) in [6.07, 6.45) is 0. The maximum atomic E-state index is 11.1. The number of pyridine rings is 1. The van der Waals surface area contributed by atoms with Crippen molar-refractivity contribution in [1.29, 1.82) is 5.26 Å². The van der Waals surface area contributed by atoms with Crippen LogP contribution in [0.1, 0.15) is 5.56 Å². The molecule has 10 heteroatoms. The van der Waals surface area contributed by atoms with Gasteiger partial charge in [-0.25, -0.2) is 4.98 Å². The molecular formula is C18H10ClN5O4. The van der Waals surface area contributed by atoms with Crippen LogP contribution in [0, 0.1) is 31.6 Å². The van der Waals surface area contributed by atoms with Gasteiger partial charge in [-0.2, -0.15) is 5.26 Å². The van der Waals surface area contributed by atoms with Crippen molar-refractivity contribution in [2.24, 2.45) is 0 Å². The zero-order chi connectivity index (χ0) is 20.4. The van der Waals surface area contributed by atoms with Crippen LogP contribution in [0.15, 0.2) is 48.5 Å². The van der Waals surface area contributed by atoms with Gasteiger partial charge in [0.05, 0.1) is 15.5 Å². The van der Waals surface area contributed by atoms with Gasteiger partial charge < -0.3 is 5.73 Å². The van der Waals surface area contributed by atoms with Crippen LogP contribution in [0.25, 0.3) is 22.4 Å². The van der Waals surface area contributed by atoms with E-state index in [9.17, 15) is 25.5 Å². The first-order chi connectivity index (χ1) is 13.3. The molecule has 0 atom stereocenters. The van der Waals surface area contributed by atoms with E-state index in [-0.39, 0.29) is 44.6 Å². The predicted octanol–water partition coefficient (Wildman–Crippen LogP) is 4.34. The van der Waals surface area contributed by atoms with Gasteiger partial charge in [-0.3, -0.25) is 20.2 Å². The van der Waals surface area contributed by atoms with Crippen LogP contribution >= 0.6 is 11.6 Å². The lowest BCUT2D eigenvalue weighted by molar-refractivity contribution is -0.385. The predicted molar refractivity (Wildman–Crippen MR) is 103 cm³/mol. The molecule has 0 aliphatic carbocycles. The van der Waals surface area contributed by atoms with Gasteiger partial charge in [-0.05, 0) is 12.1 Å². The second kappa shape index (κ2) is 7.30. The molecule has 2 N–H and O–H groups in total. The Kier molecular flexibility index (Phi) is 4.89. The van der Waals surface area contributed by atoms with Crippen molar-refractivity contribution in [3.05, 3.63) is 79.3 Å². The number of rotatable bonds is 4. The molecule has 0 radical (unpaired) electrons. The molecule has 9 nitrogen and oxygen atoms in total. The molecule has 0 saturated heterocycles. The van der Waals surface area contributed by atoms with Crippen LogP contribution in [-0.2, 0) is 0 Å². The molecule has 0 spiro atoms. The second-order valence-corrected chi connectivity index (χ2v) is 6.06. The molecule has 0 aliphatic rings. The zero-order valence-corrected chi connectivity index (χ0v) is 14.8. The van der Waals surface area contributed by atoms with Crippen molar-refractivity contribution in [1.82, 2.24) is 4.98 Å². The van der Waals surface area contributed by atoms with Crippen LogP contribution in [0.3, 0.4) is 0 Å². The number of anilines is 1. The Labute approximate surface area is 162 Å². The van der Waals surface area contributed by atoms with Crippen molar-refractivity contribution in [2.75, 3.05) is 5.73 Å². The summed E-state index contributed by atoms with van der Waals surface area (Å²) in [6.45, 7) is 0. The minimum Gasteiger partial charge on any atom is -0.383 e. The van der Waals surface area contributed by atoms with E-state index < -0.39 is 9.85 Å². The molecule has 1 heterocycles. The van der Waals surface area contributed by atoms with Crippen molar-refractivity contribution in [3.8, 4) is 28.5 Å². The number of benzene rings is 2. The maximum Gasteiger partial charge on any atom is 0.270 e. The summed E-state index contributed by atoms with van der Waals surface area (Å²) in [4.78, 5) is 25.1. The fourth-order valence-corrected chi connectivity index (χ4v) is 2.87. The molecule has 0 aliphatic heterocycles. The smallest absolute Gasteiger partial charge is 0.270 e. The molecule has 0 amide bonds. The highest BCUT2D eigenvalue weighted by atomic mass is 35.5. The highest BCUT2D eigenvalue weighted by molar-refractivity contribution is 6.33. The molecule has 3 rings (SSSR count). The van der Waals surface area contributed by atoms with E-state index in [0.717, 1.165) is 0 Å². The van der Waals surface area contributed by atoms with Gasteiger partial charge in [0, 0.05) is 46.0 Å². The summed E-state index contributed by atoms with van der Waals surface area (Å²) in [5, 5.41) is 31.8. The van der Waals surface area contributed by atoms with E-state index in [1.54, 1.807) is 6.07 Å². The lowest BCUT2D eigenvalue weighted by Crippen LogP contribution is -2.00. The monoisotopic (exact) mass is 395 g/mol. The average Bonchev–Trinajstić information content (AvgIpc) is 2.67. The van der Waals surface area contributed by atoms with E-state index >= 15 is 0 Å². The SMILES string of the molecule is N#Cc1c(-c2cc([N+](=O)[O-])ccc2Cl)cc(-c2cccc([N+](=O)[O-])c2)nc1N. The molecule has 138 valence electrons. The quantitative estimate of drug-likeness (QED) is 0.509. The van der Waals surface area contributed by atoms with Gasteiger partial charge in [0.15, 0.2) is 0 Å². The Hall–Kier alpha value is -4.03. The number of nitro benzene ring substituents is 2. The first-order valence-electron chi connectivity index (χ1n) is 7.71. The Bertz CT molecular complexity index is 1170. The van der Waals surface area contributed by atoms with Gasteiger partial charge in [-0.1, -0.05) is 23.7 Å². The lowest BCUT2D eigenvalue weighted by Gasteiger charge is -2.11. The number of non-ortho nitro benzene ring substituents is 2. The summed E-state index contributed by atoms with van der Waals surface area (Å²) in [7, 11) is 0. The topological polar surface area (TPSA) is 149 Å². The highest BCUT2D eigenvalue weighted by Gasteiger charge is 2.19. The van der Waals surface area contributed by atoms with E-state index in [1.807, 2.05) is 6.07 Å². The van der Waals surface area contributed by atoms with E-state index in [0.29, 0.717) is 5.56 Å². The first kappa shape index (κ1) is 18.8. The lowest BCUT2D eigenvalue weighted by atomic mass is 9.98. The van der Waals surface area contributed by atoms with E-state index in [1.165, 1.54) is 42.5 Å². The molecule has 1 aromatic heterocycles. The fourth-order valence-electron chi connectivity index (χ4n) is 2.65. The standard InChI is InChI=1S/C18H10ClN5O4/c19-16-5-4-12(24(27)28)7-14(16)13-8-17(22-18(21)15(13)9-20)10-2-1-3-11(6-10)23(25)26/h1-8H,(H2,21,22). The van der Waals surface area contributed by atoms with Gasteiger partial charge in [-0.15, -0.1) is 0 Å². The van der Waals surface area contributed by atoms with Crippen LogP contribution in [0.4, 0.5) is 17.2 Å². The maximum absolute atomic E-state index is 11.1. The van der Waals surface area contributed by atoms with Crippen LogP contribution in [-0.4, -0.2) is 14.8 Å². The van der Waals surface area contributed by atoms with Crippen molar-refractivity contribution in [2.45, 2.75) is 0 Å². The van der Waals surface area contributed by atoms with Crippen LogP contribution < -0.4 is 5.73 Å². The molecule has 0 unspecified atom stereocenters. The normalized spacial score (nSPS) is 10.3. The van der Waals surface area contributed by atoms with Crippen molar-refractivity contribution in [3.63, 3.8) is 0 Å². The average molecular weight is 396 g/mol. The molecule has 0 saturated carbocycles. The third-order valence-corrected chi connectivity index (χ3v) is 4.29. The number of nitrogens with two attached hydrogens (primary N) is 1. The van der Waals surface area contributed by atoms with Gasteiger partial charge in [0.1, 0.15) is 17.5 Å². The van der Waals surface area contributed by atoms with Gasteiger partial charge in [0.25, 0.3) is 11.4 Å². The Morgan fingerprint density at radius 2 is 1.68 bits per heavy atom. The number of nitrogens with zero attached hydrogens (tertiary/aromatic N) is 4. The van der Waals surface area contributed by atoms with Crippen LogP contribution in [0.5, 0.6) is 0 Å². The Morgan fingerprint density at radius 1 is 1.00 bits per heavy atom. The first-order valence-corrected chi connectivity index (χ1v) is 8.09. The molecular weight excluding hydrogens is 386 g/mol. The zero-order valence-electron chi connectivity index (χ0n) is 14.0. The number of hydrogen-bond acceptors (Lipinski definition) is 7. The molecule has 0 fully saturated rings. The molecule has 2 aromatic carbocycles. The number of nitro groups is 2. The fraction of sp³-hybridized carbons (Fsp3) is 0. The number of nitrogen functional groups attached to an aromatic ring is 1. The number of aromatic nitrogens is 1. The summed E-state index contributed by atoms with van der Waals surface area (Å²) >= 11 is 6.20. The molecule has 0 bridgehead atoms. The van der Waals surface area contributed by atoms with Gasteiger partial charge >= 0.3 is 0 Å². The van der Waals surface area contributed by atoms with Crippen LogP contribution in [0.2, 0.25) is 5.02 Å². The molecule has 28 heavy (non-hydrogen) atoms. The number of halogens is 1. The summed E-state index contributed by atoms with van der Waals surface area (Å²) in [5.74, 6) is -0.121. The van der Waals surface area contributed by atoms with E-state index in [4.69, 9.17) is 17.3 Å². The molecule has 3 aromatic rings. The second-order valence-electron chi connectivity index (χ2n) is 5.66. The van der Waals surface area contributed by atoms with Crippen molar-refractivity contribution < 1.29 is 9.85 Å². The van der Waals surface area contributed by atoms with Gasteiger partial charge in [0.2, 0.25) is 0 Å². The summed E-state index contributed by atoms with van der Waals surface area (Å²) in [6, 6.07) is 12.9. The number of hydrogen-bond donors (Lipinski definition) is 1. The summed E-state index contributed by atoms with van der Waals surface area (Å²) < 4.78 is 0. The summed E-state index contributed by atoms with van der Waals surface area (Å²) in [5.41, 5.74) is 6.68. The minimum atomic E-state index is -0.585. The van der Waals surface area contributed by atoms with E-state index in [2.05, 4.69) is 4.98 Å². The third-order valence-electron chi connectivity index (χ3n) is 3.96. The highest BCUT2D eigenvalue weighted by Crippen LogP contribution is 2.37. The van der Waals surface area contributed by atoms with Crippen molar-refractivity contribution >= 4 is 28.8 Å². The minimum absolute atomic E-state index is 0.00317.